The van der Waals surface area contributed by atoms with Crippen LogP contribution in [0.5, 0.6) is 0 Å². The van der Waals surface area contributed by atoms with Crippen LogP contribution >= 0.6 is 0 Å². The first-order chi connectivity index (χ1) is 7.08. The quantitative estimate of drug-likeness (QED) is 0.704. The molecule has 1 rings (SSSR count). The molecule has 86 valence electrons. The number of carbonyl (C=O) groups is 1. The summed E-state index contributed by atoms with van der Waals surface area (Å²) in [6.45, 7) is 4.49. The van der Waals surface area contributed by atoms with Crippen molar-refractivity contribution in [1.29, 1.82) is 0 Å². The lowest BCUT2D eigenvalue weighted by molar-refractivity contribution is -0.137. The molecule has 1 aliphatic carbocycles. The lowest BCUT2D eigenvalue weighted by Gasteiger charge is -2.22. The van der Waals surface area contributed by atoms with Gasteiger partial charge in [0.05, 0.1) is 0 Å². The van der Waals surface area contributed by atoms with E-state index >= 15 is 0 Å². The normalized spacial score (nSPS) is 21.5. The minimum absolute atomic E-state index is 0.331. The van der Waals surface area contributed by atoms with Gasteiger partial charge in [-0.2, -0.15) is 0 Å². The van der Waals surface area contributed by atoms with Crippen molar-refractivity contribution in [1.82, 2.24) is 0 Å². The van der Waals surface area contributed by atoms with E-state index in [1.165, 1.54) is 19.3 Å². The van der Waals surface area contributed by atoms with E-state index in [0.29, 0.717) is 12.3 Å². The van der Waals surface area contributed by atoms with Crippen LogP contribution in [0.2, 0.25) is 0 Å². The molecule has 0 saturated heterocycles. The molecule has 2 heteroatoms. The highest BCUT2D eigenvalue weighted by Crippen LogP contribution is 2.29. The Morgan fingerprint density at radius 2 is 2.33 bits per heavy atom. The number of rotatable bonds is 5. The fourth-order valence-electron chi connectivity index (χ4n) is 2.24. The average molecular weight is 210 g/mol. The Kier molecular flexibility index (Phi) is 4.86. The van der Waals surface area contributed by atoms with E-state index in [4.69, 9.17) is 5.11 Å². The number of carboxylic acid groups (broad SMARTS) is 1. The lowest BCUT2D eigenvalue weighted by Crippen LogP contribution is -2.09. The van der Waals surface area contributed by atoms with Gasteiger partial charge in [0.25, 0.3) is 0 Å². The summed E-state index contributed by atoms with van der Waals surface area (Å²) < 4.78 is 0. The molecule has 0 aromatic carbocycles. The predicted molar refractivity (Wildman–Crippen MR) is 61.7 cm³/mol. The summed E-state index contributed by atoms with van der Waals surface area (Å²) in [5.74, 6) is 0.691. The number of carboxylic acids is 1. The number of aliphatic carboxylic acids is 1. The number of hydrogen-bond acceptors (Lipinski definition) is 1. The Balaban J connectivity index is 2.27. The van der Waals surface area contributed by atoms with Gasteiger partial charge >= 0.3 is 5.97 Å². The second kappa shape index (κ2) is 5.94. The lowest BCUT2D eigenvalue weighted by atomic mass is 9.84. The molecule has 15 heavy (non-hydrogen) atoms. The SMILES string of the molecule is CC(C)CC1=CCC(CCC(=O)O)CC1. The molecule has 2 nitrogen and oxygen atoms in total. The second-order valence-electron chi connectivity index (χ2n) is 5.03. The third-order valence-electron chi connectivity index (χ3n) is 3.05. The first-order valence-corrected chi connectivity index (χ1v) is 5.97. The summed E-state index contributed by atoms with van der Waals surface area (Å²) in [6, 6.07) is 0. The molecule has 1 aliphatic rings. The molecule has 1 atom stereocenters. The summed E-state index contributed by atoms with van der Waals surface area (Å²) >= 11 is 0. The van der Waals surface area contributed by atoms with Gasteiger partial charge in [0.15, 0.2) is 0 Å². The second-order valence-corrected chi connectivity index (χ2v) is 5.03. The molecule has 1 N–H and O–H groups in total. The summed E-state index contributed by atoms with van der Waals surface area (Å²) in [5.41, 5.74) is 1.58. The van der Waals surface area contributed by atoms with Gasteiger partial charge in [-0.3, -0.25) is 4.79 Å². The summed E-state index contributed by atoms with van der Waals surface area (Å²) in [7, 11) is 0. The van der Waals surface area contributed by atoms with Crippen molar-refractivity contribution in [2.45, 2.75) is 52.4 Å². The third-order valence-corrected chi connectivity index (χ3v) is 3.05. The fourth-order valence-corrected chi connectivity index (χ4v) is 2.24. The summed E-state index contributed by atoms with van der Waals surface area (Å²) in [5, 5.41) is 8.60. The van der Waals surface area contributed by atoms with Crippen molar-refractivity contribution in [3.63, 3.8) is 0 Å². The van der Waals surface area contributed by atoms with Crippen LogP contribution in [0.4, 0.5) is 0 Å². The highest BCUT2D eigenvalue weighted by atomic mass is 16.4. The first kappa shape index (κ1) is 12.3. The van der Waals surface area contributed by atoms with Crippen LogP contribution in [0.15, 0.2) is 11.6 Å². The van der Waals surface area contributed by atoms with E-state index in [1.54, 1.807) is 5.57 Å². The molecule has 1 unspecified atom stereocenters. The molecular weight excluding hydrogens is 188 g/mol. The topological polar surface area (TPSA) is 37.3 Å². The molecule has 0 aliphatic heterocycles. The molecular formula is C13H22O2. The smallest absolute Gasteiger partial charge is 0.303 e. The minimum atomic E-state index is -0.660. The molecule has 0 amide bonds. The summed E-state index contributed by atoms with van der Waals surface area (Å²) in [4.78, 5) is 10.4. The number of hydrogen-bond donors (Lipinski definition) is 1. The molecule has 0 radical (unpaired) electrons. The van der Waals surface area contributed by atoms with Gasteiger partial charge in [0, 0.05) is 6.42 Å². The number of allylic oxidation sites excluding steroid dienone is 2. The maximum Gasteiger partial charge on any atom is 0.303 e. The van der Waals surface area contributed by atoms with Crippen LogP contribution in [-0.2, 0) is 4.79 Å². The maximum absolute atomic E-state index is 10.4. The molecule has 0 aromatic heterocycles. The molecule has 0 bridgehead atoms. The Morgan fingerprint density at radius 1 is 1.60 bits per heavy atom. The van der Waals surface area contributed by atoms with E-state index in [2.05, 4.69) is 19.9 Å². The first-order valence-electron chi connectivity index (χ1n) is 5.97. The highest BCUT2D eigenvalue weighted by Gasteiger charge is 2.15. The van der Waals surface area contributed by atoms with Gasteiger partial charge in [-0.25, -0.2) is 0 Å². The molecule has 0 fully saturated rings. The van der Waals surface area contributed by atoms with Gasteiger partial charge in [0.2, 0.25) is 0 Å². The standard InChI is InChI=1S/C13H22O2/c1-10(2)9-12-5-3-11(4-6-12)7-8-13(14)15/h5,10-11H,3-4,6-9H2,1-2H3,(H,14,15). The maximum atomic E-state index is 10.4. The van der Waals surface area contributed by atoms with E-state index in [0.717, 1.165) is 18.8 Å². The molecule has 0 aromatic rings. The third kappa shape index (κ3) is 5.01. The van der Waals surface area contributed by atoms with E-state index in [1.807, 2.05) is 0 Å². The Bertz CT molecular complexity index is 241. The molecule has 0 saturated carbocycles. The zero-order valence-corrected chi connectivity index (χ0v) is 9.83. The average Bonchev–Trinajstić information content (AvgIpc) is 2.16. The van der Waals surface area contributed by atoms with Gasteiger partial charge < -0.3 is 5.11 Å². The Morgan fingerprint density at radius 3 is 2.80 bits per heavy atom. The van der Waals surface area contributed by atoms with E-state index in [9.17, 15) is 4.79 Å². The van der Waals surface area contributed by atoms with Crippen LogP contribution in [0.1, 0.15) is 52.4 Å². The van der Waals surface area contributed by atoms with Gasteiger partial charge in [-0.15, -0.1) is 0 Å². The van der Waals surface area contributed by atoms with E-state index in [-0.39, 0.29) is 0 Å². The van der Waals surface area contributed by atoms with Crippen molar-refractivity contribution in [2.75, 3.05) is 0 Å². The monoisotopic (exact) mass is 210 g/mol. The zero-order chi connectivity index (χ0) is 11.3. The van der Waals surface area contributed by atoms with Gasteiger partial charge in [-0.1, -0.05) is 25.5 Å². The van der Waals surface area contributed by atoms with Crippen LogP contribution in [0.25, 0.3) is 0 Å². The molecule has 0 heterocycles. The largest absolute Gasteiger partial charge is 0.481 e. The highest BCUT2D eigenvalue weighted by molar-refractivity contribution is 5.66. The van der Waals surface area contributed by atoms with Crippen LogP contribution < -0.4 is 0 Å². The Hall–Kier alpha value is -0.790. The van der Waals surface area contributed by atoms with Crippen molar-refractivity contribution >= 4 is 5.97 Å². The Labute approximate surface area is 92.4 Å². The fraction of sp³-hybridized carbons (Fsp3) is 0.769. The van der Waals surface area contributed by atoms with Crippen molar-refractivity contribution in [3.8, 4) is 0 Å². The van der Waals surface area contributed by atoms with Crippen molar-refractivity contribution < 1.29 is 9.90 Å². The van der Waals surface area contributed by atoms with E-state index < -0.39 is 5.97 Å². The predicted octanol–water partition coefficient (Wildman–Crippen LogP) is 3.62. The molecule has 0 spiro atoms. The van der Waals surface area contributed by atoms with Crippen LogP contribution in [-0.4, -0.2) is 11.1 Å². The van der Waals surface area contributed by atoms with Gasteiger partial charge in [-0.05, 0) is 43.9 Å². The van der Waals surface area contributed by atoms with Crippen molar-refractivity contribution in [2.24, 2.45) is 11.8 Å². The van der Waals surface area contributed by atoms with Crippen LogP contribution in [0.3, 0.4) is 0 Å². The van der Waals surface area contributed by atoms with Gasteiger partial charge in [0.1, 0.15) is 0 Å². The zero-order valence-electron chi connectivity index (χ0n) is 9.83. The van der Waals surface area contributed by atoms with Crippen LogP contribution in [0, 0.1) is 11.8 Å². The minimum Gasteiger partial charge on any atom is -0.481 e. The van der Waals surface area contributed by atoms with Crippen molar-refractivity contribution in [3.05, 3.63) is 11.6 Å². The summed E-state index contributed by atoms with van der Waals surface area (Å²) in [6.07, 6.45) is 8.20.